The zero-order chi connectivity index (χ0) is 21.7. The summed E-state index contributed by atoms with van der Waals surface area (Å²) in [5, 5.41) is 10.2. The maximum Gasteiger partial charge on any atom is 0.417 e. The number of pyridine rings is 1. The number of aromatic nitrogens is 3. The van der Waals surface area contributed by atoms with Gasteiger partial charge in [-0.25, -0.2) is 4.98 Å². The second kappa shape index (κ2) is 9.17. The first-order chi connectivity index (χ1) is 14.3. The summed E-state index contributed by atoms with van der Waals surface area (Å²) in [6, 6.07) is 9.70. The van der Waals surface area contributed by atoms with E-state index in [4.69, 9.17) is 11.6 Å². The molecule has 2 N–H and O–H groups in total. The molecule has 0 radical (unpaired) electrons. The molecule has 0 fully saturated rings. The summed E-state index contributed by atoms with van der Waals surface area (Å²) >= 11 is 6.15. The van der Waals surface area contributed by atoms with Crippen molar-refractivity contribution < 1.29 is 13.2 Å². The number of halogens is 4. The molecule has 158 valence electrons. The van der Waals surface area contributed by atoms with Gasteiger partial charge in [0.1, 0.15) is 5.02 Å². The van der Waals surface area contributed by atoms with Crippen LogP contribution in [0.1, 0.15) is 24.5 Å². The summed E-state index contributed by atoms with van der Waals surface area (Å²) in [5.74, 6) is -0.0587. The van der Waals surface area contributed by atoms with Crippen molar-refractivity contribution in [3.63, 3.8) is 0 Å². The van der Waals surface area contributed by atoms with Crippen LogP contribution in [0.15, 0.2) is 53.6 Å². The van der Waals surface area contributed by atoms with Gasteiger partial charge in [0.15, 0.2) is 5.82 Å². The molecule has 0 spiro atoms. The third-order valence-corrected chi connectivity index (χ3v) is 4.59. The van der Waals surface area contributed by atoms with E-state index in [0.717, 1.165) is 41.0 Å². The van der Waals surface area contributed by atoms with Gasteiger partial charge in [-0.3, -0.25) is 4.79 Å². The second-order valence-electron chi connectivity index (χ2n) is 6.47. The van der Waals surface area contributed by atoms with E-state index in [1.54, 1.807) is 0 Å². The normalized spacial score (nSPS) is 11.4. The highest BCUT2D eigenvalue weighted by Crippen LogP contribution is 2.28. The summed E-state index contributed by atoms with van der Waals surface area (Å²) in [5.41, 5.74) is 0.708. The number of nitrogens with zero attached hydrogens (tertiary/aromatic N) is 3. The van der Waals surface area contributed by atoms with Crippen LogP contribution < -0.4 is 16.2 Å². The Morgan fingerprint density at radius 3 is 2.40 bits per heavy atom. The summed E-state index contributed by atoms with van der Waals surface area (Å²) in [6.45, 7) is 3.39. The first-order valence-corrected chi connectivity index (χ1v) is 9.55. The third-order valence-electron chi connectivity index (χ3n) is 4.23. The first-order valence-electron chi connectivity index (χ1n) is 9.17. The lowest BCUT2D eigenvalue weighted by Crippen LogP contribution is -2.23. The molecule has 0 aliphatic heterocycles. The second-order valence-corrected chi connectivity index (χ2v) is 6.85. The smallest absolute Gasteiger partial charge is 0.385 e. The molecule has 6 nitrogen and oxygen atoms in total. The predicted molar refractivity (Wildman–Crippen MR) is 110 cm³/mol. The van der Waals surface area contributed by atoms with Gasteiger partial charge in [-0.2, -0.15) is 23.0 Å². The minimum Gasteiger partial charge on any atom is -0.385 e. The Kier molecular flexibility index (Phi) is 6.61. The molecule has 3 aromatic rings. The molecule has 2 heterocycles. The Morgan fingerprint density at radius 2 is 1.80 bits per heavy atom. The fourth-order valence-corrected chi connectivity index (χ4v) is 2.80. The van der Waals surface area contributed by atoms with Crippen LogP contribution >= 0.6 is 11.6 Å². The van der Waals surface area contributed by atoms with E-state index in [2.05, 4.69) is 27.6 Å². The van der Waals surface area contributed by atoms with Crippen LogP contribution in [0.25, 0.3) is 5.82 Å². The van der Waals surface area contributed by atoms with E-state index >= 15 is 0 Å². The molecule has 0 atom stereocenters. The molecule has 10 heteroatoms. The van der Waals surface area contributed by atoms with Gasteiger partial charge in [0.05, 0.1) is 17.4 Å². The maximum absolute atomic E-state index is 12.7. The topological polar surface area (TPSA) is 71.8 Å². The van der Waals surface area contributed by atoms with Crippen molar-refractivity contribution in [2.24, 2.45) is 0 Å². The van der Waals surface area contributed by atoms with Gasteiger partial charge in [-0.15, -0.1) is 0 Å². The van der Waals surface area contributed by atoms with Gasteiger partial charge in [-0.05, 0) is 36.2 Å². The van der Waals surface area contributed by atoms with Gasteiger partial charge in [0.2, 0.25) is 0 Å². The maximum atomic E-state index is 12.7. The van der Waals surface area contributed by atoms with Crippen molar-refractivity contribution in [1.82, 2.24) is 14.8 Å². The third kappa shape index (κ3) is 5.10. The summed E-state index contributed by atoms with van der Waals surface area (Å²) < 4.78 is 38.8. The average molecular weight is 438 g/mol. The lowest BCUT2D eigenvalue weighted by molar-refractivity contribution is -0.137. The Balaban J connectivity index is 1.72. The molecule has 0 aliphatic carbocycles. The van der Waals surface area contributed by atoms with Crippen LogP contribution in [0, 0.1) is 0 Å². The highest BCUT2D eigenvalue weighted by atomic mass is 35.5. The van der Waals surface area contributed by atoms with Crippen molar-refractivity contribution in [3.8, 4) is 5.82 Å². The SMILES string of the molecule is CCCNc1ccc(CNc2cnn(-c3ccc(C(F)(F)F)cn3)c(=O)c2Cl)cc1. The number of hydrogen-bond acceptors (Lipinski definition) is 5. The Bertz CT molecular complexity index is 1050. The molecule has 0 bridgehead atoms. The Morgan fingerprint density at radius 1 is 1.07 bits per heavy atom. The van der Waals surface area contributed by atoms with E-state index in [1.807, 2.05) is 24.3 Å². The fraction of sp³-hybridized carbons (Fsp3) is 0.250. The highest BCUT2D eigenvalue weighted by Gasteiger charge is 2.30. The molecular formula is C20H19ClF3N5O. The summed E-state index contributed by atoms with van der Waals surface area (Å²) in [4.78, 5) is 16.2. The van der Waals surface area contributed by atoms with Crippen molar-refractivity contribution in [2.45, 2.75) is 26.1 Å². The van der Waals surface area contributed by atoms with Crippen LogP contribution in [-0.4, -0.2) is 21.3 Å². The fourth-order valence-electron chi connectivity index (χ4n) is 2.61. The zero-order valence-electron chi connectivity index (χ0n) is 16.0. The number of rotatable bonds is 7. The molecule has 2 aromatic heterocycles. The molecule has 30 heavy (non-hydrogen) atoms. The minimum atomic E-state index is -4.51. The number of nitrogens with one attached hydrogen (secondary N) is 2. The largest absolute Gasteiger partial charge is 0.417 e. The van der Waals surface area contributed by atoms with Crippen LogP contribution in [0.5, 0.6) is 0 Å². The molecular weight excluding hydrogens is 419 g/mol. The monoisotopic (exact) mass is 437 g/mol. The first kappa shape index (κ1) is 21.6. The Labute approximate surface area is 175 Å². The van der Waals surface area contributed by atoms with Crippen molar-refractivity contribution >= 4 is 23.0 Å². The van der Waals surface area contributed by atoms with Gasteiger partial charge in [0.25, 0.3) is 5.56 Å². The van der Waals surface area contributed by atoms with E-state index < -0.39 is 17.3 Å². The minimum absolute atomic E-state index is 0.0587. The Hall–Kier alpha value is -3.07. The lowest BCUT2D eigenvalue weighted by atomic mass is 10.2. The predicted octanol–water partition coefficient (Wildman–Crippen LogP) is 4.73. The zero-order valence-corrected chi connectivity index (χ0v) is 16.8. The molecule has 0 saturated carbocycles. The van der Waals surface area contributed by atoms with E-state index in [-0.39, 0.29) is 10.8 Å². The highest BCUT2D eigenvalue weighted by molar-refractivity contribution is 6.32. The number of anilines is 2. The number of hydrogen-bond donors (Lipinski definition) is 2. The number of benzene rings is 1. The van der Waals surface area contributed by atoms with Crippen LogP contribution in [0.2, 0.25) is 5.02 Å². The standard InChI is InChI=1S/C20H19ClF3N5O/c1-2-9-25-15-6-3-13(4-7-15)10-26-16-12-28-29(19(30)18(16)21)17-8-5-14(11-27-17)20(22,23)24/h3-8,11-12,25-26H,2,9-10H2,1H3. The molecule has 1 aromatic carbocycles. The summed E-state index contributed by atoms with van der Waals surface area (Å²) in [7, 11) is 0. The molecule has 0 aliphatic rings. The van der Waals surface area contributed by atoms with Crippen molar-refractivity contribution in [1.29, 1.82) is 0 Å². The molecule has 3 rings (SSSR count). The molecule has 0 unspecified atom stereocenters. The van der Waals surface area contributed by atoms with Gasteiger partial charge < -0.3 is 10.6 Å². The van der Waals surface area contributed by atoms with Gasteiger partial charge >= 0.3 is 6.18 Å². The van der Waals surface area contributed by atoms with E-state index in [1.165, 1.54) is 6.20 Å². The van der Waals surface area contributed by atoms with E-state index in [9.17, 15) is 18.0 Å². The van der Waals surface area contributed by atoms with Crippen molar-refractivity contribution in [2.75, 3.05) is 17.2 Å². The van der Waals surface area contributed by atoms with Crippen LogP contribution in [0.4, 0.5) is 24.5 Å². The van der Waals surface area contributed by atoms with Gasteiger partial charge in [0, 0.05) is 25.0 Å². The number of alkyl halides is 3. The van der Waals surface area contributed by atoms with E-state index in [0.29, 0.717) is 18.4 Å². The van der Waals surface area contributed by atoms with Crippen LogP contribution in [-0.2, 0) is 12.7 Å². The summed E-state index contributed by atoms with van der Waals surface area (Å²) in [6.07, 6.45) is -1.51. The van der Waals surface area contributed by atoms with Gasteiger partial charge in [-0.1, -0.05) is 30.7 Å². The molecule has 0 saturated heterocycles. The molecule has 0 amide bonds. The lowest BCUT2D eigenvalue weighted by Gasteiger charge is -2.11. The van der Waals surface area contributed by atoms with Crippen LogP contribution in [0.3, 0.4) is 0 Å². The average Bonchev–Trinajstić information content (AvgIpc) is 2.73. The van der Waals surface area contributed by atoms with Crippen molar-refractivity contribution in [3.05, 3.63) is 75.3 Å². The quantitative estimate of drug-likeness (QED) is 0.559.